The molecule has 0 saturated heterocycles. The van der Waals surface area contributed by atoms with Crippen molar-refractivity contribution in [3.05, 3.63) is 7.43 Å². The van der Waals surface area contributed by atoms with Crippen LogP contribution in [0.15, 0.2) is 9.98 Å². The van der Waals surface area contributed by atoms with Crippen LogP contribution in [0.2, 0.25) is 0 Å². The molecule has 2 nitrogen and oxygen atoms in total. The number of thiol groups is 1. The van der Waals surface area contributed by atoms with Gasteiger partial charge in [-0.2, -0.15) is 0 Å². The van der Waals surface area contributed by atoms with Crippen molar-refractivity contribution in [2.45, 2.75) is 21.3 Å². The van der Waals surface area contributed by atoms with Crippen LogP contribution in [0, 0.1) is 7.43 Å². The van der Waals surface area contributed by atoms with E-state index in [2.05, 4.69) is 9.98 Å². The van der Waals surface area contributed by atoms with E-state index in [1.807, 2.05) is 13.8 Å². The van der Waals surface area contributed by atoms with Gasteiger partial charge in [-0.1, -0.05) is 7.43 Å². The van der Waals surface area contributed by atoms with Gasteiger partial charge in [-0.05, 0) is 13.8 Å². The molecule has 0 aliphatic rings. The van der Waals surface area contributed by atoms with Gasteiger partial charge in [-0.15, -0.1) is 0 Å². The van der Waals surface area contributed by atoms with Gasteiger partial charge in [-0.25, -0.2) is 0 Å². The number of rotatable bonds is 1. The third-order valence-corrected chi connectivity index (χ3v) is 1.19. The van der Waals surface area contributed by atoms with E-state index in [9.17, 15) is 0 Å². The maximum Gasteiger partial charge on any atom is 2.00 e. The summed E-state index contributed by atoms with van der Waals surface area (Å²) in [5.74, 6) is 0. The van der Waals surface area contributed by atoms with Crippen LogP contribution in [0.5, 0.6) is 0 Å². The Morgan fingerprint density at radius 2 is 1.08 bits per heavy atom. The summed E-state index contributed by atoms with van der Waals surface area (Å²) >= 11 is 0. The summed E-state index contributed by atoms with van der Waals surface area (Å²) in [6, 6.07) is 0. The largest absolute Gasteiger partial charge is 2.00 e. The molecule has 78 valence electrons. The monoisotopic (exact) mass is 282 g/mol. The minimum absolute atomic E-state index is 0. The van der Waals surface area contributed by atoms with Gasteiger partial charge < -0.3 is 20.9 Å². The smallest absolute Gasteiger partial charge is 0.813 e. The van der Waals surface area contributed by atoms with Gasteiger partial charge in [0.25, 0.3) is 0 Å². The van der Waals surface area contributed by atoms with Crippen LogP contribution >= 0.6 is 0 Å². The van der Waals surface area contributed by atoms with Crippen LogP contribution < -0.4 is 0 Å². The van der Waals surface area contributed by atoms with Gasteiger partial charge in [0.15, 0.2) is 0 Å². The van der Waals surface area contributed by atoms with Gasteiger partial charge in [0.05, 0.1) is 11.4 Å². The topological polar surface area (TPSA) is 24.7 Å². The number of hydrogen-bond acceptors (Lipinski definition) is 3. The van der Waals surface area contributed by atoms with Crippen molar-refractivity contribution < 1.29 is 20.4 Å². The molecule has 0 fully saturated rings. The number of aliphatic imine (C=N–C) groups is 2. The first-order valence-electron chi connectivity index (χ1n) is 2.59. The summed E-state index contributed by atoms with van der Waals surface area (Å²) in [5.41, 5.74) is 2.01. The first-order chi connectivity index (χ1) is 3.72. The Balaban J connectivity index is -0.0000000408. The summed E-state index contributed by atoms with van der Waals surface area (Å²) in [5, 5.41) is 0. The Morgan fingerprint density at radius 3 is 1.17 bits per heavy atom. The van der Waals surface area contributed by atoms with Crippen LogP contribution in [0.3, 0.4) is 0 Å². The summed E-state index contributed by atoms with van der Waals surface area (Å²) in [7, 11) is 3.54. The fraction of sp³-hybridized carbons (Fsp3) is 0.625. The summed E-state index contributed by atoms with van der Waals surface area (Å²) in [4.78, 5) is 7.89. The predicted octanol–water partition coefficient (Wildman–Crippen LogP) is 1.98. The summed E-state index contributed by atoms with van der Waals surface area (Å²) in [6.07, 6.45) is 0. The zero-order chi connectivity index (χ0) is 6.57. The molecule has 0 unspecified atom stereocenters. The van der Waals surface area contributed by atoms with Gasteiger partial charge in [0.1, 0.15) is 0 Å². The first-order valence-corrected chi connectivity index (χ1v) is 2.59. The summed E-state index contributed by atoms with van der Waals surface area (Å²) in [6.45, 7) is 3.89. The second kappa shape index (κ2) is 17.4. The Morgan fingerprint density at radius 1 is 0.917 bits per heavy atom. The molecule has 0 spiro atoms. The van der Waals surface area contributed by atoms with Crippen molar-refractivity contribution in [1.29, 1.82) is 0 Å². The molecule has 0 aliphatic carbocycles. The maximum atomic E-state index is 3.95. The van der Waals surface area contributed by atoms with Crippen molar-refractivity contribution in [1.82, 2.24) is 0 Å². The minimum Gasteiger partial charge on any atom is -0.813 e. The molecule has 0 saturated carbocycles. The van der Waals surface area contributed by atoms with Crippen LogP contribution in [0.25, 0.3) is 0 Å². The van der Waals surface area contributed by atoms with Crippen LogP contribution in [-0.4, -0.2) is 25.5 Å². The fourth-order valence-corrected chi connectivity index (χ4v) is 0.324. The molecule has 0 aromatic heterocycles. The molecule has 0 amide bonds. The molecule has 0 atom stereocenters. The Bertz CT molecular complexity index is 117. The van der Waals surface area contributed by atoms with E-state index in [4.69, 9.17) is 0 Å². The molecule has 0 rings (SSSR count). The SMILES string of the molecule is C.CN=C(C)C(C)=NC.[CH3-].[Pd+2].[SH-]. The molecule has 0 aromatic rings. The van der Waals surface area contributed by atoms with E-state index in [0.717, 1.165) is 11.4 Å². The zero-order valence-electron chi connectivity index (χ0n) is 7.66. The van der Waals surface area contributed by atoms with Gasteiger partial charge >= 0.3 is 20.4 Å². The average Bonchev–Trinajstić information content (AvgIpc) is 1.84. The molecule has 4 heteroatoms. The van der Waals surface area contributed by atoms with Crippen LogP contribution in [-0.2, 0) is 33.9 Å². The van der Waals surface area contributed by atoms with Crippen LogP contribution in [0.4, 0.5) is 0 Å². The Kier molecular flexibility index (Phi) is 42.8. The standard InChI is InChI=1S/C6H12N2.CH4.CH3.Pd.H2S/c1-5(7-3)6(2)8-4;;;;/h1-4H3;1H4;1H3;;1H2/q;;-1;+2;/p-1. The molecule has 0 radical (unpaired) electrons. The second-order valence-electron chi connectivity index (χ2n) is 1.62. The van der Waals surface area contributed by atoms with Crippen molar-refractivity contribution >= 4 is 24.9 Å². The molecule has 12 heavy (non-hydrogen) atoms. The van der Waals surface area contributed by atoms with E-state index in [0.29, 0.717) is 0 Å². The summed E-state index contributed by atoms with van der Waals surface area (Å²) < 4.78 is 0. The van der Waals surface area contributed by atoms with Gasteiger partial charge in [-0.3, -0.25) is 9.98 Å². The van der Waals surface area contributed by atoms with E-state index >= 15 is 0 Å². The second-order valence-corrected chi connectivity index (χ2v) is 1.62. The first kappa shape index (κ1) is 29.4. The van der Waals surface area contributed by atoms with Crippen LogP contribution in [0.1, 0.15) is 21.3 Å². The van der Waals surface area contributed by atoms with E-state index in [1.54, 1.807) is 14.1 Å². The van der Waals surface area contributed by atoms with Gasteiger partial charge in [0, 0.05) is 14.1 Å². The van der Waals surface area contributed by atoms with E-state index < -0.39 is 0 Å². The number of hydrogen-bond donors (Lipinski definition) is 0. The van der Waals surface area contributed by atoms with Crippen molar-refractivity contribution in [2.75, 3.05) is 14.1 Å². The van der Waals surface area contributed by atoms with E-state index in [-0.39, 0.29) is 48.8 Å². The molecule has 0 aliphatic heterocycles. The van der Waals surface area contributed by atoms with Crippen molar-refractivity contribution in [2.24, 2.45) is 9.98 Å². The predicted molar refractivity (Wildman–Crippen MR) is 60.0 cm³/mol. The minimum atomic E-state index is 0. The average molecular weight is 283 g/mol. The molecule has 0 bridgehead atoms. The van der Waals surface area contributed by atoms with Crippen molar-refractivity contribution in [3.63, 3.8) is 0 Å². The molecule has 0 aromatic carbocycles. The third-order valence-electron chi connectivity index (χ3n) is 1.19. The normalized spacial score (nSPS) is 9.67. The number of nitrogens with zero attached hydrogens (tertiary/aromatic N) is 2. The van der Waals surface area contributed by atoms with Gasteiger partial charge in [0.2, 0.25) is 0 Å². The fourth-order valence-electron chi connectivity index (χ4n) is 0.324. The maximum absolute atomic E-state index is 3.95. The third kappa shape index (κ3) is 13.0. The van der Waals surface area contributed by atoms with Crippen molar-refractivity contribution in [3.8, 4) is 0 Å². The zero-order valence-corrected chi connectivity index (χ0v) is 10.1. The quantitative estimate of drug-likeness (QED) is 0.237. The molecule has 0 heterocycles. The van der Waals surface area contributed by atoms with E-state index in [1.165, 1.54) is 0 Å². The Labute approximate surface area is 98.1 Å². The Hall–Kier alpha value is 0.352. The molecular weight excluding hydrogens is 263 g/mol. The molecular formula is C8H20N2PdS. The molecule has 0 N–H and O–H groups in total.